The van der Waals surface area contributed by atoms with Gasteiger partial charge in [-0.2, -0.15) is 13.2 Å². The van der Waals surface area contributed by atoms with E-state index in [1.165, 1.54) is 12.1 Å². The van der Waals surface area contributed by atoms with Crippen LogP contribution in [0.1, 0.15) is 16.7 Å². The third kappa shape index (κ3) is 5.68. The molecule has 10 rings (SSSR count). The molecule has 0 saturated carbocycles. The summed E-state index contributed by atoms with van der Waals surface area (Å²) in [6.45, 7) is 4.00. The Morgan fingerprint density at radius 3 is 1.22 bits per heavy atom. The number of halogens is 5. The molecular formula is C51H33F5N2. The third-order valence-corrected chi connectivity index (χ3v) is 11.3. The molecule has 0 saturated heterocycles. The summed E-state index contributed by atoms with van der Waals surface area (Å²) in [4.78, 5) is 0. The number of rotatable bonds is 5. The van der Waals surface area contributed by atoms with E-state index >= 15 is 22.0 Å². The largest absolute Gasteiger partial charge is 0.420 e. The monoisotopic (exact) mass is 768 g/mol. The molecule has 2 nitrogen and oxygen atoms in total. The molecule has 0 radical (unpaired) electrons. The van der Waals surface area contributed by atoms with Crippen molar-refractivity contribution in [3.05, 3.63) is 192 Å². The predicted octanol–water partition coefficient (Wildman–Crippen LogP) is 14.8. The van der Waals surface area contributed by atoms with Crippen molar-refractivity contribution < 1.29 is 22.0 Å². The Morgan fingerprint density at radius 2 is 0.776 bits per heavy atom. The summed E-state index contributed by atoms with van der Waals surface area (Å²) in [5, 5.41) is 3.07. The lowest BCUT2D eigenvalue weighted by molar-refractivity contribution is -0.137. The number of aryl methyl sites for hydroxylation is 2. The lowest BCUT2D eigenvalue weighted by Crippen LogP contribution is -2.16. The summed E-state index contributed by atoms with van der Waals surface area (Å²) in [7, 11) is 0. The van der Waals surface area contributed by atoms with Crippen LogP contribution in [0.15, 0.2) is 164 Å². The van der Waals surface area contributed by atoms with Crippen LogP contribution in [0.25, 0.3) is 88.4 Å². The zero-order chi connectivity index (χ0) is 39.9. The molecule has 0 atom stereocenters. The number of aromatic nitrogens is 2. The van der Waals surface area contributed by atoms with E-state index in [2.05, 4.69) is 0 Å². The van der Waals surface area contributed by atoms with Crippen molar-refractivity contribution in [1.29, 1.82) is 0 Å². The maximum Gasteiger partial charge on any atom is 0.420 e. The van der Waals surface area contributed by atoms with E-state index in [0.29, 0.717) is 22.1 Å². The summed E-state index contributed by atoms with van der Waals surface area (Å²) in [6, 6.07) is 48.2. The number of nitrogens with zero attached hydrogens (tertiary/aromatic N) is 2. The van der Waals surface area contributed by atoms with Crippen LogP contribution in [0.2, 0.25) is 0 Å². The van der Waals surface area contributed by atoms with Crippen molar-refractivity contribution in [2.75, 3.05) is 0 Å². The van der Waals surface area contributed by atoms with E-state index in [0.717, 1.165) is 73.1 Å². The van der Waals surface area contributed by atoms with E-state index in [1.54, 1.807) is 21.3 Å². The number of fused-ring (bicyclic) bond motifs is 6. The minimum absolute atomic E-state index is 0.108. The zero-order valence-corrected chi connectivity index (χ0v) is 31.4. The Bertz CT molecular complexity index is 3070. The first kappa shape index (κ1) is 35.4. The molecule has 2 aromatic heterocycles. The highest BCUT2D eigenvalue weighted by Crippen LogP contribution is 2.47. The van der Waals surface area contributed by atoms with E-state index in [9.17, 15) is 0 Å². The molecular weight excluding hydrogens is 736 g/mol. The first-order valence-corrected chi connectivity index (χ1v) is 19.0. The molecule has 282 valence electrons. The van der Waals surface area contributed by atoms with Crippen molar-refractivity contribution >= 4 is 43.6 Å². The number of para-hydroxylation sites is 2. The minimum atomic E-state index is -4.90. The Balaban J connectivity index is 1.39. The molecule has 10 aromatic rings. The molecule has 0 fully saturated rings. The van der Waals surface area contributed by atoms with Gasteiger partial charge in [-0.05, 0) is 107 Å². The number of benzene rings is 8. The Morgan fingerprint density at radius 1 is 0.379 bits per heavy atom. The maximum atomic E-state index is 16.4. The summed E-state index contributed by atoms with van der Waals surface area (Å²) >= 11 is 0. The van der Waals surface area contributed by atoms with Gasteiger partial charge in [0.1, 0.15) is 17.2 Å². The standard InChI is InChI=1S/C51H33F5N2/c1-30-11-3-5-13-38(30)32-19-21-42-40-15-7-9-17-44(40)57(46(42)25-32)48-27-35(34-23-36(52)29-37(53)24-34)28-49(50(48)51(54,55)56)58-45-18-10-8-16-41(45)43-22-20-33(26-47(43)58)39-14-6-4-12-31(39)2/h3-29H,1-2H3. The van der Waals surface area contributed by atoms with E-state index < -0.39 is 23.4 Å². The van der Waals surface area contributed by atoms with Crippen LogP contribution in [0, 0.1) is 25.5 Å². The van der Waals surface area contributed by atoms with E-state index in [4.69, 9.17) is 0 Å². The molecule has 0 bridgehead atoms. The van der Waals surface area contributed by atoms with Crippen molar-refractivity contribution in [2.45, 2.75) is 20.0 Å². The first-order valence-electron chi connectivity index (χ1n) is 19.0. The van der Waals surface area contributed by atoms with Gasteiger partial charge in [-0.15, -0.1) is 0 Å². The molecule has 7 heteroatoms. The first-order chi connectivity index (χ1) is 28.0. The lowest BCUT2D eigenvalue weighted by atomic mass is 9.98. The van der Waals surface area contributed by atoms with Crippen molar-refractivity contribution in [3.63, 3.8) is 0 Å². The number of alkyl halides is 3. The summed E-state index contributed by atoms with van der Waals surface area (Å²) in [5.41, 5.74) is 6.99. The fourth-order valence-electron chi connectivity index (χ4n) is 8.73. The van der Waals surface area contributed by atoms with Crippen LogP contribution in [-0.4, -0.2) is 9.13 Å². The average molecular weight is 769 g/mol. The van der Waals surface area contributed by atoms with Crippen LogP contribution in [0.3, 0.4) is 0 Å². The maximum absolute atomic E-state index is 16.4. The van der Waals surface area contributed by atoms with Crippen LogP contribution in [0.4, 0.5) is 22.0 Å². The van der Waals surface area contributed by atoms with Gasteiger partial charge in [0.25, 0.3) is 0 Å². The number of hydrogen-bond donors (Lipinski definition) is 0. The SMILES string of the molecule is Cc1ccccc1-c1ccc2c3ccccc3n(-c3cc(-c4cc(F)cc(F)c4)cc(-n4c5ccccc5c5ccc(-c6ccccc6C)cc54)c3C(F)(F)F)c2c1. The minimum Gasteiger partial charge on any atom is -0.309 e. The molecule has 0 N–H and O–H groups in total. The average Bonchev–Trinajstić information content (AvgIpc) is 3.72. The van der Waals surface area contributed by atoms with E-state index in [-0.39, 0.29) is 22.5 Å². The predicted molar refractivity (Wildman–Crippen MR) is 226 cm³/mol. The Hall–Kier alpha value is -6.99. The van der Waals surface area contributed by atoms with Gasteiger partial charge >= 0.3 is 6.18 Å². The smallest absolute Gasteiger partial charge is 0.309 e. The highest BCUT2D eigenvalue weighted by molar-refractivity contribution is 6.12. The van der Waals surface area contributed by atoms with Gasteiger partial charge in [-0.1, -0.05) is 109 Å². The van der Waals surface area contributed by atoms with Crippen LogP contribution in [0.5, 0.6) is 0 Å². The zero-order valence-electron chi connectivity index (χ0n) is 31.4. The second kappa shape index (κ2) is 13.3. The van der Waals surface area contributed by atoms with Crippen LogP contribution in [-0.2, 0) is 6.18 Å². The highest BCUT2D eigenvalue weighted by Gasteiger charge is 2.39. The van der Waals surface area contributed by atoms with Crippen molar-refractivity contribution in [2.24, 2.45) is 0 Å². The molecule has 0 amide bonds. The lowest BCUT2D eigenvalue weighted by Gasteiger charge is -2.23. The van der Waals surface area contributed by atoms with Gasteiger partial charge in [-0.3, -0.25) is 0 Å². The van der Waals surface area contributed by atoms with Gasteiger partial charge in [0, 0.05) is 27.6 Å². The Labute approximate surface area is 330 Å². The summed E-state index contributed by atoms with van der Waals surface area (Å²) < 4.78 is 82.5. The summed E-state index contributed by atoms with van der Waals surface area (Å²) in [5.74, 6) is -1.67. The molecule has 0 aliphatic rings. The van der Waals surface area contributed by atoms with Gasteiger partial charge < -0.3 is 9.13 Å². The molecule has 2 heterocycles. The molecule has 0 unspecified atom stereocenters. The fourth-order valence-corrected chi connectivity index (χ4v) is 8.73. The van der Waals surface area contributed by atoms with Crippen molar-refractivity contribution in [1.82, 2.24) is 9.13 Å². The second-order valence-electron chi connectivity index (χ2n) is 14.8. The van der Waals surface area contributed by atoms with Crippen LogP contribution < -0.4 is 0 Å². The summed E-state index contributed by atoms with van der Waals surface area (Å²) in [6.07, 6.45) is -4.90. The Kier molecular flexibility index (Phi) is 8.13. The van der Waals surface area contributed by atoms with Gasteiger partial charge in [0.15, 0.2) is 0 Å². The molecule has 58 heavy (non-hydrogen) atoms. The van der Waals surface area contributed by atoms with E-state index in [1.807, 2.05) is 135 Å². The third-order valence-electron chi connectivity index (χ3n) is 11.3. The fraction of sp³-hybridized carbons (Fsp3) is 0.0588. The van der Waals surface area contributed by atoms with Crippen LogP contribution >= 0.6 is 0 Å². The second-order valence-corrected chi connectivity index (χ2v) is 14.8. The molecule has 0 spiro atoms. The van der Waals surface area contributed by atoms with Gasteiger partial charge in [-0.25, -0.2) is 8.78 Å². The topological polar surface area (TPSA) is 9.86 Å². The van der Waals surface area contributed by atoms with Gasteiger partial charge in [0.05, 0.1) is 33.4 Å². The molecule has 8 aromatic carbocycles. The highest BCUT2D eigenvalue weighted by atomic mass is 19.4. The quantitative estimate of drug-likeness (QED) is 0.154. The molecule has 0 aliphatic carbocycles. The normalized spacial score (nSPS) is 12.1. The van der Waals surface area contributed by atoms with Crippen molar-refractivity contribution in [3.8, 4) is 44.8 Å². The number of hydrogen-bond acceptors (Lipinski definition) is 0. The van der Waals surface area contributed by atoms with Gasteiger partial charge in [0.2, 0.25) is 0 Å². The molecule has 0 aliphatic heterocycles.